The highest BCUT2D eigenvalue weighted by Gasteiger charge is 2.49. The van der Waals surface area contributed by atoms with Gasteiger partial charge in [0.05, 0.1) is 41.7 Å². The van der Waals surface area contributed by atoms with Gasteiger partial charge in [0.25, 0.3) is 5.91 Å². The quantitative estimate of drug-likeness (QED) is 0.232. The summed E-state index contributed by atoms with van der Waals surface area (Å²) in [5.74, 6) is -0.105. The number of aryl methyl sites for hydroxylation is 1. The van der Waals surface area contributed by atoms with E-state index >= 15 is 0 Å². The lowest BCUT2D eigenvalue weighted by atomic mass is 9.84. The van der Waals surface area contributed by atoms with Crippen molar-refractivity contribution in [3.63, 3.8) is 0 Å². The minimum absolute atomic E-state index is 0.131. The number of rotatable bonds is 7. The molecular weight excluding hydrogens is 749 g/mol. The zero-order chi connectivity index (χ0) is 41.7. The maximum absolute atomic E-state index is 14.2. The molecule has 6 heterocycles. The van der Waals surface area contributed by atoms with Crippen LogP contribution in [0.5, 0.6) is 0 Å². The largest absolute Gasteiger partial charge is 0.464 e. The number of esters is 1. The van der Waals surface area contributed by atoms with E-state index in [4.69, 9.17) is 23.9 Å². The van der Waals surface area contributed by atoms with Gasteiger partial charge in [0.1, 0.15) is 18.3 Å². The van der Waals surface area contributed by atoms with E-state index in [-0.39, 0.29) is 48.7 Å². The first kappa shape index (κ1) is 41.0. The van der Waals surface area contributed by atoms with Crippen LogP contribution in [0, 0.1) is 23.2 Å². The van der Waals surface area contributed by atoms with Crippen LogP contribution in [0.3, 0.4) is 0 Å². The van der Waals surface area contributed by atoms with Crippen LogP contribution in [0.2, 0.25) is 0 Å². The highest BCUT2D eigenvalue weighted by atomic mass is 16.5. The van der Waals surface area contributed by atoms with Gasteiger partial charge in [0, 0.05) is 86.2 Å². The maximum atomic E-state index is 14.2. The Balaban J connectivity index is 1.26. The van der Waals surface area contributed by atoms with Crippen molar-refractivity contribution in [1.29, 1.82) is 0 Å². The number of oxazole rings is 1. The molecule has 2 N–H and O–H groups in total. The number of hydrogen-bond acceptors (Lipinski definition) is 11. The highest BCUT2D eigenvalue weighted by molar-refractivity contribution is 5.95. The van der Waals surface area contributed by atoms with Gasteiger partial charge in [-0.15, -0.1) is 0 Å². The smallest absolute Gasteiger partial charge is 0.324 e. The molecule has 6 bridgehead atoms. The van der Waals surface area contributed by atoms with Crippen molar-refractivity contribution in [2.24, 2.45) is 23.2 Å². The third-order valence-electron chi connectivity index (χ3n) is 13.2. The molecule has 4 aromatic rings. The standard InChI is InChI=1S/C45H60N8O6/c1-9-52-37-13-12-29-19-32(37)34(40(52)33-21-31(23-46-39(33)28(4)57-8)51-17-15-50(7)16-18-51)22-45(5,6)25-59-44(56)35-11-10-14-53(49-35)43(55)36(20-30-24-58-42(29)47-30)48-41(54)38-26(2)27(38)3/h12-13,19,21,23-24,26-28,35-36,38,49H,9-11,14-18,20,22,25H2,1-8H3,(H,48,54)/t26-,27+,28-,35-,36-,38+/m0/s1. The van der Waals surface area contributed by atoms with Crippen LogP contribution in [-0.2, 0) is 43.2 Å². The lowest BCUT2D eigenvalue weighted by Gasteiger charge is -2.35. The number of hydrogen-bond donors (Lipinski definition) is 2. The van der Waals surface area contributed by atoms with Crippen LogP contribution in [0.25, 0.3) is 33.6 Å². The number of nitrogens with zero attached hydrogens (tertiary/aromatic N) is 6. The van der Waals surface area contributed by atoms with E-state index in [2.05, 4.69) is 85.0 Å². The summed E-state index contributed by atoms with van der Waals surface area (Å²) < 4.78 is 20.6. The van der Waals surface area contributed by atoms with Crippen LogP contribution in [0.15, 0.2) is 41.1 Å². The third-order valence-corrected chi connectivity index (χ3v) is 13.2. The number of benzene rings is 1. The summed E-state index contributed by atoms with van der Waals surface area (Å²) in [6, 6.07) is 6.95. The van der Waals surface area contributed by atoms with Crippen molar-refractivity contribution < 1.29 is 28.3 Å². The Morgan fingerprint density at radius 2 is 1.86 bits per heavy atom. The molecule has 316 valence electrons. The Kier molecular flexibility index (Phi) is 11.3. The Bertz CT molecular complexity index is 2210. The second-order valence-corrected chi connectivity index (χ2v) is 18.0. The molecule has 8 rings (SSSR count). The minimum atomic E-state index is -0.908. The van der Waals surface area contributed by atoms with Gasteiger partial charge in [0.2, 0.25) is 11.8 Å². The van der Waals surface area contributed by atoms with E-state index in [9.17, 15) is 14.4 Å². The molecule has 59 heavy (non-hydrogen) atoms. The number of nitrogens with one attached hydrogen (secondary N) is 2. The Hall–Kier alpha value is -4.79. The lowest BCUT2D eigenvalue weighted by Crippen LogP contribution is -2.60. The van der Waals surface area contributed by atoms with Gasteiger partial charge in [-0.25, -0.2) is 10.4 Å². The summed E-state index contributed by atoms with van der Waals surface area (Å²) in [6.07, 6.45) is 5.14. The number of methoxy groups -OCH3 is 1. The van der Waals surface area contributed by atoms with Crippen LogP contribution in [-0.4, -0.2) is 108 Å². The van der Waals surface area contributed by atoms with Crippen molar-refractivity contribution >= 4 is 34.4 Å². The van der Waals surface area contributed by atoms with Crippen LogP contribution in [0.4, 0.5) is 5.69 Å². The average Bonchev–Trinajstić information content (AvgIpc) is 3.50. The second kappa shape index (κ2) is 16.3. The Morgan fingerprint density at radius 3 is 2.58 bits per heavy atom. The van der Waals surface area contributed by atoms with Gasteiger partial charge in [0.15, 0.2) is 0 Å². The fourth-order valence-corrected chi connectivity index (χ4v) is 9.25. The summed E-state index contributed by atoms with van der Waals surface area (Å²) in [4.78, 5) is 56.2. The first-order valence-electron chi connectivity index (χ1n) is 21.4. The van der Waals surface area contributed by atoms with E-state index in [0.717, 1.165) is 70.8 Å². The first-order chi connectivity index (χ1) is 28.3. The van der Waals surface area contributed by atoms with Crippen molar-refractivity contribution in [3.8, 4) is 22.7 Å². The van der Waals surface area contributed by atoms with E-state index in [0.29, 0.717) is 43.9 Å². The number of fused-ring (bicyclic) bond motifs is 6. The van der Waals surface area contributed by atoms with Crippen molar-refractivity contribution in [3.05, 3.63) is 53.7 Å². The molecule has 3 aromatic heterocycles. The fourth-order valence-electron chi connectivity index (χ4n) is 9.25. The molecule has 3 aliphatic heterocycles. The highest BCUT2D eigenvalue weighted by Crippen LogP contribution is 2.46. The zero-order valence-electron chi connectivity index (χ0n) is 35.8. The normalized spacial score (nSPS) is 25.7. The summed E-state index contributed by atoms with van der Waals surface area (Å²) in [5, 5.41) is 5.55. The molecule has 2 amide bonds. The number of carbonyl (C=O) groups is 3. The van der Waals surface area contributed by atoms with E-state index in [1.807, 2.05) is 19.2 Å². The molecule has 6 atom stereocenters. The molecule has 0 unspecified atom stereocenters. The minimum Gasteiger partial charge on any atom is -0.464 e. The zero-order valence-corrected chi connectivity index (χ0v) is 35.8. The third kappa shape index (κ3) is 8.11. The van der Waals surface area contributed by atoms with Crippen LogP contribution in [0.1, 0.15) is 77.4 Å². The van der Waals surface area contributed by atoms with Gasteiger partial charge in [-0.05, 0) is 81.8 Å². The molecular formula is C45H60N8O6. The number of hydrazine groups is 1. The molecule has 4 aliphatic rings. The Morgan fingerprint density at radius 1 is 1.10 bits per heavy atom. The maximum Gasteiger partial charge on any atom is 0.324 e. The summed E-state index contributed by atoms with van der Waals surface area (Å²) in [6.45, 7) is 17.6. The van der Waals surface area contributed by atoms with E-state index in [1.54, 1.807) is 13.4 Å². The summed E-state index contributed by atoms with van der Waals surface area (Å²) in [7, 11) is 3.88. The molecule has 1 aromatic carbocycles. The monoisotopic (exact) mass is 808 g/mol. The predicted molar refractivity (Wildman–Crippen MR) is 225 cm³/mol. The van der Waals surface area contributed by atoms with Gasteiger partial charge < -0.3 is 33.6 Å². The van der Waals surface area contributed by atoms with E-state index in [1.165, 1.54) is 5.01 Å². The molecule has 2 saturated heterocycles. The molecule has 3 fully saturated rings. The van der Waals surface area contributed by atoms with Crippen LogP contribution < -0.4 is 15.6 Å². The number of likely N-dealkylation sites (N-methyl/N-ethyl adjacent to an activating group) is 1. The number of cyclic esters (lactones) is 1. The molecule has 0 spiro atoms. The van der Waals surface area contributed by atoms with Gasteiger partial charge in [-0.2, -0.15) is 0 Å². The number of carbonyl (C=O) groups excluding carboxylic acids is 3. The topological polar surface area (TPSA) is 147 Å². The number of anilines is 1. The SMILES string of the molecule is CCn1c(-c2cc(N3CCN(C)CC3)cnc2[C@H](C)OC)c2c3cc(ccc31)-c1nc(co1)C[C@H](NC(=O)[C@H]1[C@H](C)[C@@H]1C)C(=O)N1CCC[C@H](N1)C(=O)OCC(C)(C)C2. The number of pyridine rings is 1. The lowest BCUT2D eigenvalue weighted by molar-refractivity contribution is -0.155. The van der Waals surface area contributed by atoms with Crippen molar-refractivity contribution in [1.82, 2.24) is 35.2 Å². The Labute approximate surface area is 347 Å². The molecule has 0 radical (unpaired) electrons. The van der Waals surface area contributed by atoms with Gasteiger partial charge >= 0.3 is 5.97 Å². The van der Waals surface area contributed by atoms with Gasteiger partial charge in [-0.3, -0.25) is 24.4 Å². The van der Waals surface area contributed by atoms with Crippen molar-refractivity contribution in [2.75, 3.05) is 58.4 Å². The molecule has 14 heteroatoms. The first-order valence-corrected chi connectivity index (χ1v) is 21.4. The average molecular weight is 809 g/mol. The van der Waals surface area contributed by atoms with E-state index < -0.39 is 23.5 Å². The fraction of sp³-hybridized carbons (Fsp3) is 0.578. The molecule has 14 nitrogen and oxygen atoms in total. The predicted octanol–water partition coefficient (Wildman–Crippen LogP) is 5.39. The number of piperazine rings is 1. The van der Waals surface area contributed by atoms with Crippen LogP contribution >= 0.6 is 0 Å². The summed E-state index contributed by atoms with van der Waals surface area (Å²) in [5.41, 5.74) is 10.2. The number of amides is 2. The van der Waals surface area contributed by atoms with Gasteiger partial charge in [-0.1, -0.05) is 27.7 Å². The molecule has 1 saturated carbocycles. The van der Waals surface area contributed by atoms with Crippen molar-refractivity contribution in [2.45, 2.75) is 92.0 Å². The summed E-state index contributed by atoms with van der Waals surface area (Å²) >= 11 is 0. The number of ether oxygens (including phenoxy) is 2. The molecule has 1 aliphatic carbocycles. The number of aromatic nitrogens is 3. The second-order valence-electron chi connectivity index (χ2n) is 18.0.